The third-order valence-corrected chi connectivity index (χ3v) is 3.29. The molecular weight excluding hydrogens is 226 g/mol. The molecule has 0 spiro atoms. The van der Waals surface area contributed by atoms with Crippen LogP contribution in [0.15, 0.2) is 47.7 Å². The van der Waals surface area contributed by atoms with Crippen LogP contribution in [0.3, 0.4) is 0 Å². The van der Waals surface area contributed by atoms with Gasteiger partial charge in [-0.3, -0.25) is 9.78 Å². The Morgan fingerprint density at radius 3 is 2.83 bits per heavy atom. The molecule has 3 aromatic heterocycles. The predicted octanol–water partition coefficient (Wildman–Crippen LogP) is 2.56. The number of benzene rings is 1. The third-order valence-electron chi connectivity index (χ3n) is 3.29. The van der Waals surface area contributed by atoms with Crippen molar-refractivity contribution in [1.29, 1.82) is 0 Å². The van der Waals surface area contributed by atoms with Crippen molar-refractivity contribution in [2.45, 2.75) is 0 Å². The molecular formula is C14H9N3O. The van der Waals surface area contributed by atoms with Crippen molar-refractivity contribution < 1.29 is 0 Å². The van der Waals surface area contributed by atoms with Gasteiger partial charge >= 0.3 is 0 Å². The number of nitrogens with zero attached hydrogens (tertiary/aromatic N) is 1. The molecule has 4 heteroatoms. The summed E-state index contributed by atoms with van der Waals surface area (Å²) in [6, 6.07) is 7.51. The average molecular weight is 235 g/mol. The number of hydrogen-bond acceptors (Lipinski definition) is 2. The van der Waals surface area contributed by atoms with E-state index in [4.69, 9.17) is 0 Å². The van der Waals surface area contributed by atoms with Gasteiger partial charge in [-0.15, -0.1) is 0 Å². The highest BCUT2D eigenvalue weighted by atomic mass is 16.1. The summed E-state index contributed by atoms with van der Waals surface area (Å²) in [5, 5.41) is 2.57. The summed E-state index contributed by atoms with van der Waals surface area (Å²) in [6.45, 7) is 0. The van der Waals surface area contributed by atoms with E-state index in [9.17, 15) is 4.79 Å². The molecule has 4 nitrogen and oxygen atoms in total. The first-order valence-electron chi connectivity index (χ1n) is 5.71. The molecule has 0 saturated heterocycles. The van der Waals surface area contributed by atoms with Crippen LogP contribution < -0.4 is 5.43 Å². The summed E-state index contributed by atoms with van der Waals surface area (Å²) < 4.78 is 0. The minimum atomic E-state index is 0.00736. The Morgan fingerprint density at radius 2 is 1.89 bits per heavy atom. The van der Waals surface area contributed by atoms with E-state index in [-0.39, 0.29) is 5.43 Å². The fourth-order valence-corrected chi connectivity index (χ4v) is 2.49. The number of aromatic nitrogens is 3. The number of fused-ring (bicyclic) bond motifs is 2. The SMILES string of the molecule is O=c1c2ccc[nH]c2c2nccc3cc[nH]c1c32. The highest BCUT2D eigenvalue weighted by Gasteiger charge is 2.12. The normalized spacial score (nSPS) is 11.6. The lowest BCUT2D eigenvalue weighted by atomic mass is 10.1. The summed E-state index contributed by atoms with van der Waals surface area (Å²) in [6.07, 6.45) is 5.36. The summed E-state index contributed by atoms with van der Waals surface area (Å²) in [5.74, 6) is 0. The fourth-order valence-electron chi connectivity index (χ4n) is 2.49. The standard InChI is InChI=1S/C14H9N3O/c18-14-9-2-1-5-15-11(9)12-10-8(3-6-16-12)4-7-17-13(10)14/h1-7,15,17H. The van der Waals surface area contributed by atoms with Crippen molar-refractivity contribution in [3.05, 3.63) is 53.1 Å². The van der Waals surface area contributed by atoms with Crippen molar-refractivity contribution in [2.75, 3.05) is 0 Å². The highest BCUT2D eigenvalue weighted by Crippen LogP contribution is 2.25. The summed E-state index contributed by atoms with van der Waals surface area (Å²) >= 11 is 0. The molecule has 4 rings (SSSR count). The molecule has 4 aromatic rings. The lowest BCUT2D eigenvalue weighted by molar-refractivity contribution is 1.35. The van der Waals surface area contributed by atoms with Crippen LogP contribution in [0.5, 0.6) is 0 Å². The maximum Gasteiger partial charge on any atom is 0.212 e. The van der Waals surface area contributed by atoms with E-state index >= 15 is 0 Å². The predicted molar refractivity (Wildman–Crippen MR) is 71.7 cm³/mol. The van der Waals surface area contributed by atoms with Gasteiger partial charge in [-0.1, -0.05) is 0 Å². The molecule has 18 heavy (non-hydrogen) atoms. The van der Waals surface area contributed by atoms with E-state index in [1.807, 2.05) is 30.5 Å². The van der Waals surface area contributed by atoms with E-state index in [1.54, 1.807) is 12.4 Å². The molecule has 0 unspecified atom stereocenters. The number of rotatable bonds is 0. The molecule has 0 radical (unpaired) electrons. The van der Waals surface area contributed by atoms with Gasteiger partial charge in [-0.05, 0) is 29.7 Å². The van der Waals surface area contributed by atoms with Crippen LogP contribution in [-0.2, 0) is 0 Å². The summed E-state index contributed by atoms with van der Waals surface area (Å²) in [7, 11) is 0. The lowest BCUT2D eigenvalue weighted by Crippen LogP contribution is -2.06. The van der Waals surface area contributed by atoms with Gasteiger partial charge in [-0.25, -0.2) is 0 Å². The fraction of sp³-hybridized carbons (Fsp3) is 0. The van der Waals surface area contributed by atoms with E-state index in [0.717, 1.165) is 21.8 Å². The highest BCUT2D eigenvalue weighted by molar-refractivity contribution is 6.16. The Morgan fingerprint density at radius 1 is 1.00 bits per heavy atom. The van der Waals surface area contributed by atoms with Crippen molar-refractivity contribution in [1.82, 2.24) is 15.0 Å². The Labute approximate surface area is 101 Å². The molecule has 2 N–H and O–H groups in total. The molecule has 1 aromatic carbocycles. The summed E-state index contributed by atoms with van der Waals surface area (Å²) in [5.41, 5.74) is 2.24. The minimum Gasteiger partial charge on any atom is -0.359 e. The van der Waals surface area contributed by atoms with E-state index in [1.165, 1.54) is 0 Å². The van der Waals surface area contributed by atoms with Crippen molar-refractivity contribution in [3.63, 3.8) is 0 Å². The van der Waals surface area contributed by atoms with E-state index < -0.39 is 0 Å². The van der Waals surface area contributed by atoms with Gasteiger partial charge in [0.05, 0.1) is 16.6 Å². The van der Waals surface area contributed by atoms with Gasteiger partial charge < -0.3 is 9.97 Å². The summed E-state index contributed by atoms with van der Waals surface area (Å²) in [4.78, 5) is 23.0. The molecule has 3 heterocycles. The average Bonchev–Trinajstić information content (AvgIpc) is 2.44. The Bertz CT molecular complexity index is 944. The minimum absolute atomic E-state index is 0.00736. The van der Waals surface area contributed by atoms with Crippen LogP contribution in [-0.4, -0.2) is 15.0 Å². The quantitative estimate of drug-likeness (QED) is 0.363. The smallest absolute Gasteiger partial charge is 0.212 e. The third kappa shape index (κ3) is 1.04. The van der Waals surface area contributed by atoms with Crippen LogP contribution in [0.25, 0.3) is 32.7 Å². The van der Waals surface area contributed by atoms with Crippen LogP contribution in [0, 0.1) is 0 Å². The Balaban J connectivity index is 2.52. The monoisotopic (exact) mass is 235 g/mol. The molecule has 0 aliphatic rings. The van der Waals surface area contributed by atoms with Crippen molar-refractivity contribution in [2.24, 2.45) is 0 Å². The number of H-pyrrole nitrogens is 2. The van der Waals surface area contributed by atoms with Crippen molar-refractivity contribution in [3.8, 4) is 0 Å². The zero-order valence-corrected chi connectivity index (χ0v) is 9.40. The zero-order chi connectivity index (χ0) is 12.1. The van der Waals surface area contributed by atoms with Crippen LogP contribution >= 0.6 is 0 Å². The molecule has 0 bridgehead atoms. The number of nitrogens with one attached hydrogen (secondary N) is 2. The van der Waals surface area contributed by atoms with Gasteiger partial charge in [0.25, 0.3) is 0 Å². The van der Waals surface area contributed by atoms with Crippen LogP contribution in [0.1, 0.15) is 0 Å². The second-order valence-electron chi connectivity index (χ2n) is 4.26. The molecule has 0 saturated carbocycles. The van der Waals surface area contributed by atoms with Gasteiger partial charge in [0, 0.05) is 29.4 Å². The zero-order valence-electron chi connectivity index (χ0n) is 9.40. The van der Waals surface area contributed by atoms with Gasteiger partial charge in [0.2, 0.25) is 5.43 Å². The van der Waals surface area contributed by atoms with Gasteiger partial charge in [0.1, 0.15) is 0 Å². The molecule has 0 amide bonds. The first kappa shape index (κ1) is 9.41. The van der Waals surface area contributed by atoms with E-state index in [2.05, 4.69) is 15.0 Å². The molecule has 0 atom stereocenters. The molecule has 0 aliphatic heterocycles. The first-order valence-corrected chi connectivity index (χ1v) is 5.71. The number of hydrogen-bond donors (Lipinski definition) is 2. The number of aromatic amines is 2. The van der Waals surface area contributed by atoms with E-state index in [0.29, 0.717) is 10.9 Å². The molecule has 86 valence electrons. The Hall–Kier alpha value is -2.62. The first-order chi connectivity index (χ1) is 8.86. The topological polar surface area (TPSA) is 61.5 Å². The van der Waals surface area contributed by atoms with Crippen molar-refractivity contribution >= 4 is 32.7 Å². The Kier molecular flexibility index (Phi) is 1.67. The maximum atomic E-state index is 12.4. The molecule has 0 fully saturated rings. The maximum absolute atomic E-state index is 12.4. The second-order valence-corrected chi connectivity index (χ2v) is 4.26. The van der Waals surface area contributed by atoms with Gasteiger partial charge in [0.15, 0.2) is 0 Å². The van der Waals surface area contributed by atoms with Crippen LogP contribution in [0.4, 0.5) is 0 Å². The second kappa shape index (κ2) is 3.20. The lowest BCUT2D eigenvalue weighted by Gasteiger charge is -2.07. The largest absolute Gasteiger partial charge is 0.359 e. The van der Waals surface area contributed by atoms with Crippen LogP contribution in [0.2, 0.25) is 0 Å². The molecule has 0 aliphatic carbocycles. The van der Waals surface area contributed by atoms with Gasteiger partial charge in [-0.2, -0.15) is 0 Å². The number of pyridine rings is 3.